The van der Waals surface area contributed by atoms with Crippen molar-refractivity contribution in [3.05, 3.63) is 30.3 Å². The van der Waals surface area contributed by atoms with Crippen molar-refractivity contribution in [3.63, 3.8) is 0 Å². The molecule has 0 bridgehead atoms. The van der Waals surface area contributed by atoms with Crippen LogP contribution in [0.3, 0.4) is 0 Å². The summed E-state index contributed by atoms with van der Waals surface area (Å²) in [5, 5.41) is 0.339. The Morgan fingerprint density at radius 2 is 1.32 bits per heavy atom. The van der Waals surface area contributed by atoms with Gasteiger partial charge in [-0.25, -0.2) is 0 Å². The van der Waals surface area contributed by atoms with Crippen LogP contribution in [0.5, 0.6) is 0 Å². The Bertz CT molecular complexity index is 722. The van der Waals surface area contributed by atoms with Crippen LogP contribution in [-0.4, -0.2) is 21.0 Å². The highest BCUT2D eigenvalue weighted by molar-refractivity contribution is 7.86. The second-order valence-electron chi connectivity index (χ2n) is 9.90. The Morgan fingerprint density at radius 1 is 0.920 bits per heavy atom. The van der Waals surface area contributed by atoms with E-state index in [1.165, 1.54) is 6.07 Å². The summed E-state index contributed by atoms with van der Waals surface area (Å²) in [6.07, 6.45) is 1.72. The number of benzene rings is 1. The number of hydrogen-bond acceptors (Lipinski definition) is 2. The van der Waals surface area contributed by atoms with Crippen molar-refractivity contribution in [1.29, 1.82) is 0 Å². The summed E-state index contributed by atoms with van der Waals surface area (Å²) in [6.45, 7) is 23.7. The van der Waals surface area contributed by atoms with E-state index < -0.39 is 18.2 Å². The summed E-state index contributed by atoms with van der Waals surface area (Å²) < 4.78 is 34.6. The van der Waals surface area contributed by atoms with Crippen molar-refractivity contribution < 1.29 is 13.0 Å². The fraction of sp³-hybridized carbons (Fsp3) is 0.600. The zero-order chi connectivity index (χ0) is 20.1. The molecule has 1 rings (SSSR count). The van der Waals surface area contributed by atoms with E-state index in [0.717, 1.165) is 10.8 Å². The minimum Gasteiger partial charge on any atom is -0.282 e. The number of hydrogen-bond donors (Lipinski definition) is 1. The molecule has 1 aromatic rings. The van der Waals surface area contributed by atoms with Crippen molar-refractivity contribution in [2.24, 2.45) is 0 Å². The molecule has 0 spiro atoms. The third kappa shape index (κ3) is 3.51. The van der Waals surface area contributed by atoms with Crippen molar-refractivity contribution >= 4 is 29.5 Å². The molecule has 0 aromatic heterocycles. The van der Waals surface area contributed by atoms with Gasteiger partial charge in [-0.15, -0.1) is 0 Å². The van der Waals surface area contributed by atoms with Crippen LogP contribution >= 0.6 is 0 Å². The normalized spacial score (nSPS) is 14.5. The minimum absolute atomic E-state index is 0.0383. The quantitative estimate of drug-likeness (QED) is 0.544. The van der Waals surface area contributed by atoms with E-state index in [4.69, 9.17) is 0 Å². The maximum absolute atomic E-state index is 12.3. The van der Waals surface area contributed by atoms with E-state index in [0.29, 0.717) is 0 Å². The predicted octanol–water partition coefficient (Wildman–Crippen LogP) is 5.63. The molecule has 0 aliphatic rings. The zero-order valence-corrected chi connectivity index (χ0v) is 19.0. The topological polar surface area (TPSA) is 54.4 Å². The average molecular weight is 383 g/mol. The molecule has 0 aliphatic carbocycles. The molecule has 0 amide bonds. The van der Waals surface area contributed by atoms with Crippen molar-refractivity contribution in [2.45, 2.75) is 82.3 Å². The van der Waals surface area contributed by atoms with Crippen molar-refractivity contribution in [2.75, 3.05) is 0 Å². The summed E-state index contributed by atoms with van der Waals surface area (Å²) in [4.78, 5) is 0.0383. The van der Waals surface area contributed by atoms with E-state index in [9.17, 15) is 13.0 Å². The summed E-state index contributed by atoms with van der Waals surface area (Å²) >= 11 is 0. The van der Waals surface area contributed by atoms with E-state index in [1.54, 1.807) is 12.1 Å². The van der Waals surface area contributed by atoms with Gasteiger partial charge in [0, 0.05) is 0 Å². The lowest BCUT2D eigenvalue weighted by atomic mass is 10.2. The molecule has 0 unspecified atom stereocenters. The van der Waals surface area contributed by atoms with Crippen LogP contribution in [0.2, 0.25) is 15.1 Å². The molecule has 0 aliphatic heterocycles. The van der Waals surface area contributed by atoms with Gasteiger partial charge in [0.15, 0.2) is 0 Å². The van der Waals surface area contributed by atoms with Gasteiger partial charge in [-0.1, -0.05) is 87.1 Å². The van der Waals surface area contributed by atoms with E-state index >= 15 is 0 Å². The maximum atomic E-state index is 12.3. The van der Waals surface area contributed by atoms with Gasteiger partial charge in [0.1, 0.15) is 8.07 Å². The van der Waals surface area contributed by atoms with Gasteiger partial charge in [0.25, 0.3) is 10.1 Å². The second kappa shape index (κ2) is 6.36. The van der Waals surface area contributed by atoms with Gasteiger partial charge < -0.3 is 0 Å². The molecule has 25 heavy (non-hydrogen) atoms. The molecule has 0 saturated carbocycles. The minimum atomic E-state index is -4.34. The van der Waals surface area contributed by atoms with E-state index in [-0.39, 0.29) is 20.0 Å². The summed E-state index contributed by atoms with van der Waals surface area (Å²) in [5.74, 6) is 0. The fourth-order valence-electron chi connectivity index (χ4n) is 5.83. The largest absolute Gasteiger partial charge is 0.294 e. The number of rotatable bonds is 3. The van der Waals surface area contributed by atoms with Crippen molar-refractivity contribution in [1.82, 2.24) is 0 Å². The van der Waals surface area contributed by atoms with Gasteiger partial charge in [-0.2, -0.15) is 8.42 Å². The van der Waals surface area contributed by atoms with Gasteiger partial charge in [-0.3, -0.25) is 4.55 Å². The van der Waals surface area contributed by atoms with Gasteiger partial charge in [0.05, 0.1) is 4.90 Å². The maximum Gasteiger partial charge on any atom is 0.294 e. The lowest BCUT2D eigenvalue weighted by molar-refractivity contribution is 0.483. The third-order valence-electron chi connectivity index (χ3n) is 5.31. The molecule has 0 atom stereocenters. The first kappa shape index (κ1) is 22.1. The lowest BCUT2D eigenvalue weighted by Crippen LogP contribution is -2.68. The molecular formula is C20H34O3SSi. The Morgan fingerprint density at radius 3 is 1.60 bits per heavy atom. The predicted molar refractivity (Wildman–Crippen MR) is 111 cm³/mol. The molecule has 0 heterocycles. The highest BCUT2D eigenvalue weighted by atomic mass is 32.2. The van der Waals surface area contributed by atoms with Crippen molar-refractivity contribution in [3.8, 4) is 0 Å². The van der Waals surface area contributed by atoms with Crippen LogP contribution in [0.25, 0.3) is 6.08 Å². The van der Waals surface area contributed by atoms with Crippen LogP contribution < -0.4 is 5.19 Å². The zero-order valence-electron chi connectivity index (χ0n) is 17.2. The molecular weight excluding hydrogens is 348 g/mol. The summed E-state index contributed by atoms with van der Waals surface area (Å²) in [7, 11) is -6.95. The molecule has 1 aromatic carbocycles. The van der Waals surface area contributed by atoms with Gasteiger partial charge >= 0.3 is 0 Å². The Balaban J connectivity index is 4.37. The monoisotopic (exact) mass is 382 g/mol. The molecule has 5 heteroatoms. The Hall–Kier alpha value is -0.913. The molecule has 1 N–H and O–H groups in total. The SMILES string of the molecule is C=Cc1cccc(S(=O)(=O)O)c1[Si](C(C)(C)C)(C(C)(C)C)C(C)(C)C. The molecule has 0 saturated heterocycles. The smallest absolute Gasteiger partial charge is 0.282 e. The van der Waals surface area contributed by atoms with Crippen LogP contribution in [0, 0.1) is 0 Å². The lowest BCUT2D eigenvalue weighted by Gasteiger charge is -2.60. The highest BCUT2D eigenvalue weighted by Crippen LogP contribution is 2.62. The summed E-state index contributed by atoms with van der Waals surface area (Å²) in [6, 6.07) is 5.11. The Kier molecular flexibility index (Phi) is 5.63. The first-order chi connectivity index (χ1) is 10.9. The van der Waals surface area contributed by atoms with Crippen LogP contribution in [-0.2, 0) is 10.1 Å². The van der Waals surface area contributed by atoms with Crippen LogP contribution in [0.15, 0.2) is 29.7 Å². The highest BCUT2D eigenvalue weighted by Gasteiger charge is 2.62. The van der Waals surface area contributed by atoms with E-state index in [1.807, 2.05) is 6.07 Å². The molecule has 142 valence electrons. The van der Waals surface area contributed by atoms with E-state index in [2.05, 4.69) is 68.9 Å². The van der Waals surface area contributed by atoms with Gasteiger partial charge in [-0.05, 0) is 31.9 Å². The molecule has 0 radical (unpaired) electrons. The first-order valence-corrected chi connectivity index (χ1v) is 12.1. The molecule has 0 fully saturated rings. The van der Waals surface area contributed by atoms with Crippen LogP contribution in [0.4, 0.5) is 0 Å². The second-order valence-corrected chi connectivity index (χ2v) is 17.8. The van der Waals surface area contributed by atoms with Crippen LogP contribution in [0.1, 0.15) is 67.9 Å². The standard InChI is InChI=1S/C20H34O3SSi/c1-11-15-13-12-14-16(24(21,22)23)17(15)25(18(2,3)4,19(5,6)7)20(8,9)10/h11-14H,1H2,2-10H3,(H,21,22,23). The summed E-state index contributed by atoms with van der Waals surface area (Å²) in [5.41, 5.74) is 0.807. The third-order valence-corrected chi connectivity index (χ3v) is 14.4. The first-order valence-electron chi connectivity index (χ1n) is 8.66. The average Bonchev–Trinajstić information content (AvgIpc) is 2.32. The Labute approximate surface area is 155 Å². The van der Waals surface area contributed by atoms with Gasteiger partial charge in [0.2, 0.25) is 0 Å². The fourth-order valence-corrected chi connectivity index (χ4v) is 17.4. The molecule has 3 nitrogen and oxygen atoms in total.